The molecule has 0 saturated carbocycles. The summed E-state index contributed by atoms with van der Waals surface area (Å²) in [5, 5.41) is 5.20. The highest BCUT2D eigenvalue weighted by Crippen LogP contribution is 2.27. The molecule has 0 atom stereocenters. The number of hydrogen-bond acceptors (Lipinski definition) is 2. The van der Waals surface area contributed by atoms with Crippen molar-refractivity contribution < 1.29 is 4.74 Å². The Kier molecular flexibility index (Phi) is 4.02. The van der Waals surface area contributed by atoms with Gasteiger partial charge in [-0.15, -0.1) is 0 Å². The number of aromatic nitrogens is 1. The molecule has 0 aliphatic heterocycles. The molecule has 0 spiro atoms. The van der Waals surface area contributed by atoms with Crippen LogP contribution < -0.4 is 10.1 Å². The molecular formula is C17H17ClN2O. The number of para-hydroxylation sites is 1. The first-order valence-corrected chi connectivity index (χ1v) is 7.37. The fraction of sp³-hybridized carbons (Fsp3) is 0.176. The first-order chi connectivity index (χ1) is 10.3. The van der Waals surface area contributed by atoms with E-state index in [9.17, 15) is 0 Å². The molecule has 3 nitrogen and oxygen atoms in total. The molecule has 0 bridgehead atoms. The summed E-state index contributed by atoms with van der Waals surface area (Å²) in [6, 6.07) is 16.0. The molecule has 2 aromatic carbocycles. The number of nitrogens with one attached hydrogen (secondary N) is 2. The van der Waals surface area contributed by atoms with Gasteiger partial charge in [-0.3, -0.25) is 0 Å². The van der Waals surface area contributed by atoms with Crippen molar-refractivity contribution in [3.63, 3.8) is 0 Å². The molecule has 1 aromatic heterocycles. The molecule has 2 N–H and O–H groups in total. The van der Waals surface area contributed by atoms with E-state index >= 15 is 0 Å². The number of halogens is 1. The number of fused-ring (bicyclic) bond motifs is 1. The van der Waals surface area contributed by atoms with Crippen LogP contribution in [0.4, 0.5) is 5.69 Å². The quantitative estimate of drug-likeness (QED) is 0.708. The van der Waals surface area contributed by atoms with Crippen LogP contribution in [0.2, 0.25) is 5.02 Å². The molecule has 3 aromatic rings. The second kappa shape index (κ2) is 6.10. The zero-order valence-electron chi connectivity index (χ0n) is 11.8. The van der Waals surface area contributed by atoms with Crippen LogP contribution in [0.5, 0.6) is 5.75 Å². The molecule has 0 aliphatic carbocycles. The summed E-state index contributed by atoms with van der Waals surface area (Å²) in [6.45, 7) is 3.31. The van der Waals surface area contributed by atoms with Gasteiger partial charge in [-0.1, -0.05) is 29.8 Å². The minimum Gasteiger partial charge on any atom is -0.494 e. The topological polar surface area (TPSA) is 37.0 Å². The molecule has 21 heavy (non-hydrogen) atoms. The average molecular weight is 301 g/mol. The minimum atomic E-state index is 0.654. The Bertz CT molecular complexity index is 734. The predicted molar refractivity (Wildman–Crippen MR) is 88.2 cm³/mol. The second-order valence-corrected chi connectivity index (χ2v) is 5.15. The maximum absolute atomic E-state index is 6.40. The van der Waals surface area contributed by atoms with E-state index in [2.05, 4.69) is 10.3 Å². The number of anilines is 1. The second-order valence-electron chi connectivity index (χ2n) is 4.77. The average Bonchev–Trinajstić information content (AvgIpc) is 2.84. The van der Waals surface area contributed by atoms with Gasteiger partial charge in [-0.2, -0.15) is 0 Å². The fourth-order valence-electron chi connectivity index (χ4n) is 2.31. The maximum Gasteiger partial charge on any atom is 0.119 e. The highest BCUT2D eigenvalue weighted by atomic mass is 35.5. The summed E-state index contributed by atoms with van der Waals surface area (Å²) in [6.07, 6.45) is 0. The van der Waals surface area contributed by atoms with Crippen LogP contribution in [-0.4, -0.2) is 11.6 Å². The van der Waals surface area contributed by atoms with E-state index in [1.807, 2.05) is 55.5 Å². The molecule has 0 saturated heterocycles. The van der Waals surface area contributed by atoms with Gasteiger partial charge in [0.1, 0.15) is 5.75 Å². The molecule has 0 amide bonds. The summed E-state index contributed by atoms with van der Waals surface area (Å²) in [7, 11) is 0. The van der Waals surface area contributed by atoms with Crippen LogP contribution >= 0.6 is 11.6 Å². The van der Waals surface area contributed by atoms with Crippen molar-refractivity contribution in [2.45, 2.75) is 13.5 Å². The van der Waals surface area contributed by atoms with Crippen LogP contribution in [-0.2, 0) is 6.54 Å². The number of benzene rings is 2. The van der Waals surface area contributed by atoms with E-state index in [0.717, 1.165) is 33.1 Å². The Morgan fingerprint density at radius 3 is 2.57 bits per heavy atom. The molecule has 4 heteroatoms. The summed E-state index contributed by atoms with van der Waals surface area (Å²) in [4.78, 5) is 3.35. The van der Waals surface area contributed by atoms with Crippen LogP contribution in [0.15, 0.2) is 48.5 Å². The molecule has 0 fully saturated rings. The Morgan fingerprint density at radius 2 is 1.86 bits per heavy atom. The SMILES string of the molecule is CCOc1ccc(NCc2[nH]c3ccccc3c2Cl)cc1. The van der Waals surface area contributed by atoms with Gasteiger partial charge in [0, 0.05) is 16.6 Å². The van der Waals surface area contributed by atoms with Crippen molar-refractivity contribution in [2.75, 3.05) is 11.9 Å². The third-order valence-electron chi connectivity index (χ3n) is 3.35. The number of H-pyrrole nitrogens is 1. The van der Waals surface area contributed by atoms with Crippen molar-refractivity contribution in [2.24, 2.45) is 0 Å². The monoisotopic (exact) mass is 300 g/mol. The summed E-state index contributed by atoms with van der Waals surface area (Å²) in [5.74, 6) is 0.881. The van der Waals surface area contributed by atoms with Crippen molar-refractivity contribution in [1.82, 2.24) is 4.98 Å². The summed E-state index contributed by atoms with van der Waals surface area (Å²) < 4.78 is 5.43. The zero-order valence-corrected chi connectivity index (χ0v) is 12.6. The lowest BCUT2D eigenvalue weighted by Crippen LogP contribution is -2.00. The number of hydrogen-bond donors (Lipinski definition) is 2. The van der Waals surface area contributed by atoms with E-state index in [-0.39, 0.29) is 0 Å². The summed E-state index contributed by atoms with van der Waals surface area (Å²) in [5.41, 5.74) is 3.09. The fourth-order valence-corrected chi connectivity index (χ4v) is 2.59. The van der Waals surface area contributed by atoms with Gasteiger partial charge >= 0.3 is 0 Å². The smallest absolute Gasteiger partial charge is 0.119 e. The first-order valence-electron chi connectivity index (χ1n) is 6.99. The standard InChI is InChI=1S/C17H17ClN2O/c1-2-21-13-9-7-12(8-10-13)19-11-16-17(18)14-5-3-4-6-15(14)20-16/h3-10,19-20H,2,11H2,1H3. The Labute approximate surface area is 128 Å². The molecule has 0 radical (unpaired) electrons. The maximum atomic E-state index is 6.40. The highest BCUT2D eigenvalue weighted by Gasteiger charge is 2.08. The van der Waals surface area contributed by atoms with Crippen LogP contribution in [0.3, 0.4) is 0 Å². The van der Waals surface area contributed by atoms with Gasteiger partial charge in [0.05, 0.1) is 23.9 Å². The van der Waals surface area contributed by atoms with Gasteiger partial charge in [0.15, 0.2) is 0 Å². The Balaban J connectivity index is 1.72. The normalized spacial score (nSPS) is 10.8. The lowest BCUT2D eigenvalue weighted by Gasteiger charge is -2.07. The van der Waals surface area contributed by atoms with Gasteiger partial charge in [0.25, 0.3) is 0 Å². The number of rotatable bonds is 5. The van der Waals surface area contributed by atoms with Gasteiger partial charge < -0.3 is 15.0 Å². The molecule has 108 valence electrons. The van der Waals surface area contributed by atoms with Crippen LogP contribution in [0.25, 0.3) is 10.9 Å². The summed E-state index contributed by atoms with van der Waals surface area (Å²) >= 11 is 6.40. The van der Waals surface area contributed by atoms with E-state index in [1.165, 1.54) is 0 Å². The van der Waals surface area contributed by atoms with Gasteiger partial charge in [-0.05, 0) is 37.3 Å². The lowest BCUT2D eigenvalue weighted by atomic mass is 10.2. The van der Waals surface area contributed by atoms with E-state index in [4.69, 9.17) is 16.3 Å². The largest absolute Gasteiger partial charge is 0.494 e. The lowest BCUT2D eigenvalue weighted by molar-refractivity contribution is 0.340. The molecule has 0 unspecified atom stereocenters. The minimum absolute atomic E-state index is 0.654. The van der Waals surface area contributed by atoms with Gasteiger partial charge in [-0.25, -0.2) is 0 Å². The number of ether oxygens (including phenoxy) is 1. The Morgan fingerprint density at radius 1 is 1.10 bits per heavy atom. The third-order valence-corrected chi connectivity index (χ3v) is 3.78. The van der Waals surface area contributed by atoms with Crippen molar-refractivity contribution in [3.8, 4) is 5.75 Å². The molecular weight excluding hydrogens is 284 g/mol. The molecule has 1 heterocycles. The van der Waals surface area contributed by atoms with Crippen LogP contribution in [0, 0.1) is 0 Å². The Hall–Kier alpha value is -2.13. The van der Waals surface area contributed by atoms with E-state index in [0.29, 0.717) is 13.2 Å². The van der Waals surface area contributed by atoms with E-state index in [1.54, 1.807) is 0 Å². The third kappa shape index (κ3) is 2.98. The first kappa shape index (κ1) is 13.8. The van der Waals surface area contributed by atoms with E-state index < -0.39 is 0 Å². The van der Waals surface area contributed by atoms with Gasteiger partial charge in [0.2, 0.25) is 0 Å². The van der Waals surface area contributed by atoms with Crippen molar-refractivity contribution in [3.05, 3.63) is 59.2 Å². The highest BCUT2D eigenvalue weighted by molar-refractivity contribution is 6.36. The zero-order chi connectivity index (χ0) is 14.7. The van der Waals surface area contributed by atoms with Crippen molar-refractivity contribution >= 4 is 28.2 Å². The van der Waals surface area contributed by atoms with Crippen molar-refractivity contribution in [1.29, 1.82) is 0 Å². The predicted octanol–water partition coefficient (Wildman–Crippen LogP) is 4.83. The number of aromatic amines is 1. The molecule has 3 rings (SSSR count). The molecule has 0 aliphatic rings. The van der Waals surface area contributed by atoms with Crippen LogP contribution in [0.1, 0.15) is 12.6 Å².